The van der Waals surface area contributed by atoms with E-state index in [9.17, 15) is 4.79 Å². The van der Waals surface area contributed by atoms with Crippen LogP contribution in [0.15, 0.2) is 48.5 Å². The molecule has 5 heteroatoms. The minimum atomic E-state index is -0.0892. The Labute approximate surface area is 148 Å². The summed E-state index contributed by atoms with van der Waals surface area (Å²) >= 11 is 0. The van der Waals surface area contributed by atoms with Gasteiger partial charge in [-0.15, -0.1) is 0 Å². The zero-order valence-electron chi connectivity index (χ0n) is 14.7. The normalized spacial score (nSPS) is 16.7. The van der Waals surface area contributed by atoms with Crippen LogP contribution in [0.4, 0.5) is 5.69 Å². The molecule has 1 N–H and O–H groups in total. The molecule has 2 aromatic carbocycles. The van der Waals surface area contributed by atoms with Crippen LogP contribution in [0.1, 0.15) is 22.3 Å². The van der Waals surface area contributed by atoms with Crippen LogP contribution in [0.5, 0.6) is 5.75 Å². The maximum Gasteiger partial charge on any atom is 0.251 e. The number of hydrogen-bond donors (Lipinski definition) is 1. The number of carbonyl (C=O) groups is 1. The highest BCUT2D eigenvalue weighted by atomic mass is 16.5. The number of nitrogens with one attached hydrogen (secondary N) is 1. The lowest BCUT2D eigenvalue weighted by atomic mass is 10.1. The molecule has 1 unspecified atom stereocenters. The summed E-state index contributed by atoms with van der Waals surface area (Å²) in [6.45, 7) is 2.32. The second-order valence-electron chi connectivity index (χ2n) is 6.13. The second kappa shape index (κ2) is 8.03. The van der Waals surface area contributed by atoms with E-state index in [0.717, 1.165) is 36.5 Å². The molecule has 25 heavy (non-hydrogen) atoms. The number of rotatable bonds is 6. The van der Waals surface area contributed by atoms with Crippen LogP contribution < -0.4 is 15.0 Å². The molecule has 0 aliphatic carbocycles. The number of carbonyl (C=O) groups excluding carboxylic acids is 1. The van der Waals surface area contributed by atoms with E-state index in [4.69, 9.17) is 9.47 Å². The average molecular weight is 340 g/mol. The van der Waals surface area contributed by atoms with Gasteiger partial charge in [0.1, 0.15) is 5.75 Å². The summed E-state index contributed by atoms with van der Waals surface area (Å²) in [4.78, 5) is 14.6. The Morgan fingerprint density at radius 3 is 2.60 bits per heavy atom. The van der Waals surface area contributed by atoms with Crippen LogP contribution in [-0.2, 0) is 11.3 Å². The van der Waals surface area contributed by atoms with Crippen LogP contribution in [0.25, 0.3) is 0 Å². The van der Waals surface area contributed by atoms with E-state index in [1.165, 1.54) is 0 Å². The SMILES string of the molecule is COc1ccccc1CNC(=O)c1ccc(N2CCC(OC)C2)cc1. The van der Waals surface area contributed by atoms with Gasteiger partial charge in [-0.2, -0.15) is 0 Å². The molecule has 0 saturated carbocycles. The number of para-hydroxylation sites is 1. The maximum atomic E-state index is 12.4. The van der Waals surface area contributed by atoms with Gasteiger partial charge in [0, 0.05) is 43.6 Å². The zero-order valence-corrected chi connectivity index (χ0v) is 14.7. The molecular weight excluding hydrogens is 316 g/mol. The summed E-state index contributed by atoms with van der Waals surface area (Å²) in [6.07, 6.45) is 1.33. The van der Waals surface area contributed by atoms with Gasteiger partial charge in [-0.1, -0.05) is 18.2 Å². The van der Waals surface area contributed by atoms with Gasteiger partial charge in [-0.25, -0.2) is 0 Å². The molecule has 132 valence electrons. The fourth-order valence-electron chi connectivity index (χ4n) is 3.11. The van der Waals surface area contributed by atoms with E-state index in [0.29, 0.717) is 18.2 Å². The molecular formula is C20H24N2O3. The van der Waals surface area contributed by atoms with Crippen molar-refractivity contribution in [2.75, 3.05) is 32.2 Å². The maximum absolute atomic E-state index is 12.4. The van der Waals surface area contributed by atoms with Crippen molar-refractivity contribution >= 4 is 11.6 Å². The number of anilines is 1. The van der Waals surface area contributed by atoms with Crippen molar-refractivity contribution < 1.29 is 14.3 Å². The quantitative estimate of drug-likeness (QED) is 0.878. The molecule has 1 amide bonds. The summed E-state index contributed by atoms with van der Waals surface area (Å²) in [5, 5.41) is 2.94. The van der Waals surface area contributed by atoms with Gasteiger partial charge >= 0.3 is 0 Å². The molecule has 0 spiro atoms. The number of hydrogen-bond acceptors (Lipinski definition) is 4. The van der Waals surface area contributed by atoms with Gasteiger partial charge in [0.25, 0.3) is 5.91 Å². The van der Waals surface area contributed by atoms with Crippen molar-refractivity contribution in [3.8, 4) is 5.75 Å². The third-order valence-electron chi connectivity index (χ3n) is 4.60. The van der Waals surface area contributed by atoms with Gasteiger partial charge in [0.15, 0.2) is 0 Å². The van der Waals surface area contributed by atoms with Gasteiger partial charge in [-0.05, 0) is 36.8 Å². The molecule has 1 aliphatic heterocycles. The Balaban J connectivity index is 1.59. The summed E-state index contributed by atoms with van der Waals surface area (Å²) in [6, 6.07) is 15.4. The third kappa shape index (κ3) is 4.12. The summed E-state index contributed by atoms with van der Waals surface area (Å²) in [5.41, 5.74) is 2.74. The predicted molar refractivity (Wildman–Crippen MR) is 98.2 cm³/mol. The smallest absolute Gasteiger partial charge is 0.251 e. The summed E-state index contributed by atoms with van der Waals surface area (Å²) < 4.78 is 10.7. The van der Waals surface area contributed by atoms with Crippen LogP contribution >= 0.6 is 0 Å². The highest BCUT2D eigenvalue weighted by molar-refractivity contribution is 5.94. The molecule has 0 aromatic heterocycles. The third-order valence-corrected chi connectivity index (χ3v) is 4.60. The first-order chi connectivity index (χ1) is 12.2. The van der Waals surface area contributed by atoms with Gasteiger partial charge in [-0.3, -0.25) is 4.79 Å². The van der Waals surface area contributed by atoms with Gasteiger partial charge in [0.2, 0.25) is 0 Å². The Bertz CT molecular complexity index is 715. The molecule has 3 rings (SSSR count). The van der Waals surface area contributed by atoms with E-state index in [-0.39, 0.29) is 5.91 Å². The second-order valence-corrected chi connectivity index (χ2v) is 6.13. The van der Waals surface area contributed by atoms with Gasteiger partial charge in [0.05, 0.1) is 13.2 Å². The van der Waals surface area contributed by atoms with E-state index in [1.807, 2.05) is 48.5 Å². The molecule has 0 radical (unpaired) electrons. The van der Waals surface area contributed by atoms with E-state index < -0.39 is 0 Å². The molecule has 1 aliphatic rings. The lowest BCUT2D eigenvalue weighted by Crippen LogP contribution is -2.24. The van der Waals surface area contributed by atoms with Crippen molar-refractivity contribution in [3.63, 3.8) is 0 Å². The predicted octanol–water partition coefficient (Wildman–Crippen LogP) is 2.85. The fraction of sp³-hybridized carbons (Fsp3) is 0.350. The number of amides is 1. The summed E-state index contributed by atoms with van der Waals surface area (Å²) in [7, 11) is 3.38. The van der Waals surface area contributed by atoms with E-state index >= 15 is 0 Å². The Morgan fingerprint density at radius 2 is 1.92 bits per heavy atom. The Kier molecular flexibility index (Phi) is 5.56. The minimum absolute atomic E-state index is 0.0892. The Morgan fingerprint density at radius 1 is 1.16 bits per heavy atom. The minimum Gasteiger partial charge on any atom is -0.496 e. The van der Waals surface area contributed by atoms with Crippen LogP contribution in [0, 0.1) is 0 Å². The topological polar surface area (TPSA) is 50.8 Å². The van der Waals surface area contributed by atoms with Crippen molar-refractivity contribution in [3.05, 3.63) is 59.7 Å². The molecule has 1 fully saturated rings. The van der Waals surface area contributed by atoms with Crippen molar-refractivity contribution in [1.82, 2.24) is 5.32 Å². The van der Waals surface area contributed by atoms with E-state index in [2.05, 4.69) is 10.2 Å². The standard InChI is InChI=1S/C20H24N2O3/c1-24-18-11-12-22(14-18)17-9-7-15(8-10-17)20(23)21-13-16-5-3-4-6-19(16)25-2/h3-10,18H,11-14H2,1-2H3,(H,21,23). The lowest BCUT2D eigenvalue weighted by molar-refractivity contribution is 0.0950. The average Bonchev–Trinajstić information content (AvgIpc) is 3.15. The highest BCUT2D eigenvalue weighted by Gasteiger charge is 2.22. The number of methoxy groups -OCH3 is 2. The van der Waals surface area contributed by atoms with Crippen LogP contribution in [-0.4, -0.2) is 39.3 Å². The fourth-order valence-corrected chi connectivity index (χ4v) is 3.11. The van der Waals surface area contributed by atoms with E-state index in [1.54, 1.807) is 14.2 Å². The van der Waals surface area contributed by atoms with Crippen LogP contribution in [0.2, 0.25) is 0 Å². The first kappa shape index (κ1) is 17.3. The molecule has 1 atom stereocenters. The van der Waals surface area contributed by atoms with Gasteiger partial charge < -0.3 is 19.7 Å². The largest absolute Gasteiger partial charge is 0.496 e. The zero-order chi connectivity index (χ0) is 17.6. The Hall–Kier alpha value is -2.53. The monoisotopic (exact) mass is 340 g/mol. The highest BCUT2D eigenvalue weighted by Crippen LogP contribution is 2.22. The molecule has 1 heterocycles. The summed E-state index contributed by atoms with van der Waals surface area (Å²) in [5.74, 6) is 0.688. The first-order valence-corrected chi connectivity index (χ1v) is 8.49. The number of nitrogens with zero attached hydrogens (tertiary/aromatic N) is 1. The van der Waals surface area contributed by atoms with Crippen molar-refractivity contribution in [1.29, 1.82) is 0 Å². The molecule has 0 bridgehead atoms. The first-order valence-electron chi connectivity index (χ1n) is 8.49. The number of benzene rings is 2. The molecule has 2 aromatic rings. The number of ether oxygens (including phenoxy) is 2. The molecule has 5 nitrogen and oxygen atoms in total. The lowest BCUT2D eigenvalue weighted by Gasteiger charge is -2.18. The van der Waals surface area contributed by atoms with Crippen molar-refractivity contribution in [2.24, 2.45) is 0 Å². The van der Waals surface area contributed by atoms with Crippen molar-refractivity contribution in [2.45, 2.75) is 19.1 Å². The molecule has 1 saturated heterocycles. The van der Waals surface area contributed by atoms with Crippen LogP contribution in [0.3, 0.4) is 0 Å².